The van der Waals surface area contributed by atoms with Crippen LogP contribution in [0.3, 0.4) is 0 Å². The second-order valence-corrected chi connectivity index (χ2v) is 4.30. The summed E-state index contributed by atoms with van der Waals surface area (Å²) in [5, 5.41) is 1.22. The Morgan fingerprint density at radius 3 is 2.67 bits per heavy atom. The highest BCUT2D eigenvalue weighted by molar-refractivity contribution is 5.95. The molecule has 2 nitrogen and oxygen atoms in total. The highest BCUT2D eigenvalue weighted by Crippen LogP contribution is 2.24. The predicted octanol–water partition coefficient (Wildman–Crippen LogP) is 3.90. The van der Waals surface area contributed by atoms with Gasteiger partial charge in [0.15, 0.2) is 0 Å². The van der Waals surface area contributed by atoms with Crippen molar-refractivity contribution in [2.75, 3.05) is 0 Å². The van der Waals surface area contributed by atoms with Gasteiger partial charge in [-0.2, -0.15) is 0 Å². The zero-order chi connectivity index (χ0) is 12.7. The number of fused-ring (bicyclic) bond motifs is 2. The van der Waals surface area contributed by atoms with Gasteiger partial charge in [0.2, 0.25) is 5.43 Å². The molecule has 0 aliphatic heterocycles. The van der Waals surface area contributed by atoms with E-state index in [9.17, 15) is 4.79 Å². The lowest BCUT2D eigenvalue weighted by Gasteiger charge is -2.06. The third kappa shape index (κ3) is 1.39. The third-order valence-electron chi connectivity index (χ3n) is 3.21. The van der Waals surface area contributed by atoms with Crippen LogP contribution in [0.1, 0.15) is 11.1 Å². The first kappa shape index (κ1) is 10.8. The van der Waals surface area contributed by atoms with E-state index in [0.717, 1.165) is 11.1 Å². The zero-order valence-electron chi connectivity index (χ0n) is 10.1. The van der Waals surface area contributed by atoms with Gasteiger partial charge in [-0.15, -0.1) is 0 Å². The smallest absolute Gasteiger partial charge is 0.201 e. The molecular formula is C16H12O2. The minimum Gasteiger partial charge on any atom is -0.456 e. The molecule has 0 aliphatic carbocycles. The summed E-state index contributed by atoms with van der Waals surface area (Å²) in [5.41, 5.74) is 3.12. The molecule has 0 N–H and O–H groups in total. The minimum atomic E-state index is 0.00505. The van der Waals surface area contributed by atoms with E-state index in [1.54, 1.807) is 12.1 Å². The van der Waals surface area contributed by atoms with Crippen molar-refractivity contribution in [1.82, 2.24) is 0 Å². The lowest BCUT2D eigenvalue weighted by Crippen LogP contribution is -2.04. The van der Waals surface area contributed by atoms with Gasteiger partial charge in [-0.3, -0.25) is 4.79 Å². The van der Waals surface area contributed by atoms with Crippen LogP contribution >= 0.6 is 0 Å². The van der Waals surface area contributed by atoms with Crippen LogP contribution in [0.15, 0.2) is 52.2 Å². The average Bonchev–Trinajstić information content (AvgIpc) is 2.40. The first-order chi connectivity index (χ1) is 8.72. The van der Waals surface area contributed by atoms with Crippen molar-refractivity contribution in [2.45, 2.75) is 6.92 Å². The van der Waals surface area contributed by atoms with Gasteiger partial charge in [0, 0.05) is 0 Å². The van der Waals surface area contributed by atoms with Crippen molar-refractivity contribution < 1.29 is 4.42 Å². The highest BCUT2D eigenvalue weighted by Gasteiger charge is 2.11. The van der Waals surface area contributed by atoms with Crippen LogP contribution in [0, 0.1) is 6.92 Å². The Morgan fingerprint density at radius 1 is 1.11 bits per heavy atom. The van der Waals surface area contributed by atoms with Crippen LogP contribution in [-0.4, -0.2) is 0 Å². The fourth-order valence-electron chi connectivity index (χ4n) is 2.28. The van der Waals surface area contributed by atoms with Crippen molar-refractivity contribution in [3.63, 3.8) is 0 Å². The summed E-state index contributed by atoms with van der Waals surface area (Å²) in [4.78, 5) is 12.5. The molecule has 0 spiro atoms. The van der Waals surface area contributed by atoms with Gasteiger partial charge in [0.1, 0.15) is 11.2 Å². The summed E-state index contributed by atoms with van der Waals surface area (Å²) in [7, 11) is 0. The Kier molecular flexibility index (Phi) is 2.30. The summed E-state index contributed by atoms with van der Waals surface area (Å²) in [5.74, 6) is 0. The number of para-hydroxylation sites is 1. The molecule has 3 rings (SSSR count). The summed E-state index contributed by atoms with van der Waals surface area (Å²) in [6, 6.07) is 11.1. The summed E-state index contributed by atoms with van der Waals surface area (Å²) < 4.78 is 5.78. The molecule has 0 fully saturated rings. The van der Waals surface area contributed by atoms with E-state index in [0.29, 0.717) is 21.9 Å². The van der Waals surface area contributed by atoms with Gasteiger partial charge in [-0.1, -0.05) is 30.9 Å². The van der Waals surface area contributed by atoms with E-state index in [-0.39, 0.29) is 5.43 Å². The summed E-state index contributed by atoms with van der Waals surface area (Å²) in [6.45, 7) is 5.75. The van der Waals surface area contributed by atoms with Gasteiger partial charge in [-0.05, 0) is 36.2 Å². The number of hydrogen-bond donors (Lipinski definition) is 0. The van der Waals surface area contributed by atoms with E-state index in [1.807, 2.05) is 37.3 Å². The Hall–Kier alpha value is -2.35. The lowest BCUT2D eigenvalue weighted by molar-refractivity contribution is 0.659. The maximum Gasteiger partial charge on any atom is 0.201 e. The first-order valence-corrected chi connectivity index (χ1v) is 5.80. The van der Waals surface area contributed by atoms with Crippen LogP contribution in [0.25, 0.3) is 28.0 Å². The average molecular weight is 236 g/mol. The number of rotatable bonds is 1. The van der Waals surface area contributed by atoms with Crippen LogP contribution in [-0.2, 0) is 0 Å². The molecule has 0 aliphatic rings. The normalized spacial score (nSPS) is 10.9. The Bertz CT molecular complexity index is 825. The molecule has 3 aromatic rings. The van der Waals surface area contributed by atoms with E-state index >= 15 is 0 Å². The molecule has 0 saturated carbocycles. The number of benzene rings is 2. The Balaban J connectivity index is 2.65. The third-order valence-corrected chi connectivity index (χ3v) is 3.21. The first-order valence-electron chi connectivity index (χ1n) is 5.80. The second-order valence-electron chi connectivity index (χ2n) is 4.30. The summed E-state index contributed by atoms with van der Waals surface area (Å²) in [6.07, 6.45) is 1.71. The molecule has 18 heavy (non-hydrogen) atoms. The monoisotopic (exact) mass is 236 g/mol. The Morgan fingerprint density at radius 2 is 1.89 bits per heavy atom. The quantitative estimate of drug-likeness (QED) is 0.600. The molecule has 0 radical (unpaired) electrons. The predicted molar refractivity (Wildman–Crippen MR) is 74.8 cm³/mol. The Labute approximate surface area is 104 Å². The molecule has 2 heteroatoms. The van der Waals surface area contributed by atoms with Crippen LogP contribution < -0.4 is 5.43 Å². The van der Waals surface area contributed by atoms with Gasteiger partial charge in [0.25, 0.3) is 0 Å². The number of hydrogen-bond acceptors (Lipinski definition) is 2. The van der Waals surface area contributed by atoms with Crippen LogP contribution in [0.2, 0.25) is 0 Å². The van der Waals surface area contributed by atoms with Crippen LogP contribution in [0.4, 0.5) is 0 Å². The molecule has 0 bridgehead atoms. The minimum absolute atomic E-state index is 0.00505. The molecular weight excluding hydrogens is 224 g/mol. The molecule has 0 amide bonds. The molecule has 1 aromatic heterocycles. The van der Waals surface area contributed by atoms with Crippen molar-refractivity contribution in [3.05, 3.63) is 64.3 Å². The fourth-order valence-corrected chi connectivity index (χ4v) is 2.28. The van der Waals surface area contributed by atoms with Gasteiger partial charge < -0.3 is 4.42 Å². The zero-order valence-corrected chi connectivity index (χ0v) is 10.1. The molecule has 0 saturated heterocycles. The van der Waals surface area contributed by atoms with Gasteiger partial charge in [0.05, 0.1) is 10.8 Å². The van der Waals surface area contributed by atoms with E-state index in [4.69, 9.17) is 4.42 Å². The van der Waals surface area contributed by atoms with E-state index in [2.05, 4.69) is 6.58 Å². The van der Waals surface area contributed by atoms with Crippen molar-refractivity contribution in [2.24, 2.45) is 0 Å². The van der Waals surface area contributed by atoms with Crippen molar-refractivity contribution >= 4 is 28.0 Å². The molecule has 1 heterocycles. The molecule has 88 valence electrons. The van der Waals surface area contributed by atoms with Gasteiger partial charge in [-0.25, -0.2) is 0 Å². The topological polar surface area (TPSA) is 30.2 Å². The highest BCUT2D eigenvalue weighted by atomic mass is 16.3. The van der Waals surface area contributed by atoms with Gasteiger partial charge >= 0.3 is 0 Å². The van der Waals surface area contributed by atoms with E-state index < -0.39 is 0 Å². The summed E-state index contributed by atoms with van der Waals surface area (Å²) >= 11 is 0. The maximum absolute atomic E-state index is 12.5. The van der Waals surface area contributed by atoms with Crippen molar-refractivity contribution in [1.29, 1.82) is 0 Å². The SMILES string of the molecule is C=Cc1c(C)ccc2oc3ccccc3c(=O)c12. The van der Waals surface area contributed by atoms with Crippen molar-refractivity contribution in [3.8, 4) is 0 Å². The molecule has 2 aromatic carbocycles. The molecule has 0 unspecified atom stereocenters. The van der Waals surface area contributed by atoms with E-state index in [1.165, 1.54) is 0 Å². The largest absolute Gasteiger partial charge is 0.456 e. The van der Waals surface area contributed by atoms with Crippen LogP contribution in [0.5, 0.6) is 0 Å². The maximum atomic E-state index is 12.5. The molecule has 0 atom stereocenters. The lowest BCUT2D eigenvalue weighted by atomic mass is 10.0. The number of aryl methyl sites for hydroxylation is 1. The standard InChI is InChI=1S/C16H12O2/c1-3-11-10(2)8-9-14-15(11)16(17)12-6-4-5-7-13(12)18-14/h3-9H,1H2,2H3. The second kappa shape index (κ2) is 3.84. The fraction of sp³-hybridized carbons (Fsp3) is 0.0625.